The Hall–Kier alpha value is -3.32. The van der Waals surface area contributed by atoms with E-state index in [1.807, 2.05) is 0 Å². The molecule has 0 aliphatic carbocycles. The molecule has 2 aromatic heterocycles. The molecule has 0 unspecified atom stereocenters. The smallest absolute Gasteiger partial charge is 0.193 e. The monoisotopic (exact) mass is 401 g/mol. The predicted molar refractivity (Wildman–Crippen MR) is 102 cm³/mol. The second kappa shape index (κ2) is 7.01. The molecule has 0 atom stereocenters. The summed E-state index contributed by atoms with van der Waals surface area (Å²) >= 11 is 5.82. The zero-order valence-electron chi connectivity index (χ0n) is 14.1. The Balaban J connectivity index is 2.04. The Morgan fingerprint density at radius 2 is 1.64 bits per heavy atom. The van der Waals surface area contributed by atoms with E-state index in [1.54, 1.807) is 12.1 Å². The number of halogens is 4. The first-order valence-electron chi connectivity index (χ1n) is 8.13. The van der Waals surface area contributed by atoms with Crippen molar-refractivity contribution in [2.75, 3.05) is 5.32 Å². The van der Waals surface area contributed by atoms with Crippen molar-refractivity contribution >= 4 is 34.1 Å². The van der Waals surface area contributed by atoms with Crippen LogP contribution in [0.1, 0.15) is 0 Å². The zero-order valence-corrected chi connectivity index (χ0v) is 14.8. The number of pyridine rings is 2. The highest BCUT2D eigenvalue weighted by Gasteiger charge is 2.16. The number of rotatable bonds is 3. The van der Waals surface area contributed by atoms with E-state index in [1.165, 1.54) is 47.0 Å². The predicted octanol–water partition coefficient (Wildman–Crippen LogP) is 5.20. The lowest BCUT2D eigenvalue weighted by atomic mass is 10.2. The van der Waals surface area contributed by atoms with Crippen LogP contribution < -0.4 is 10.7 Å². The largest absolute Gasteiger partial charge is 0.341 e. The van der Waals surface area contributed by atoms with Crippen LogP contribution in [0.25, 0.3) is 16.7 Å². The van der Waals surface area contributed by atoms with Gasteiger partial charge < -0.3 is 5.32 Å². The van der Waals surface area contributed by atoms with Crippen molar-refractivity contribution in [1.82, 2.24) is 9.55 Å². The number of fused-ring (bicyclic) bond motifs is 1. The van der Waals surface area contributed by atoms with Gasteiger partial charge in [0.1, 0.15) is 17.5 Å². The number of hydrogen-bond acceptors (Lipinski definition) is 3. The van der Waals surface area contributed by atoms with E-state index in [4.69, 9.17) is 11.6 Å². The van der Waals surface area contributed by atoms with E-state index < -0.39 is 28.0 Å². The van der Waals surface area contributed by atoms with Crippen LogP contribution in [0.15, 0.2) is 65.5 Å². The zero-order chi connectivity index (χ0) is 19.8. The Morgan fingerprint density at radius 3 is 2.36 bits per heavy atom. The van der Waals surface area contributed by atoms with Gasteiger partial charge in [0.2, 0.25) is 0 Å². The molecular formula is C20H11ClF3N3O. The molecule has 2 aromatic carbocycles. The number of nitrogens with zero attached hydrogens (tertiary/aromatic N) is 2. The molecular weight excluding hydrogens is 391 g/mol. The van der Waals surface area contributed by atoms with E-state index in [2.05, 4.69) is 10.3 Å². The first-order valence-corrected chi connectivity index (χ1v) is 8.50. The maximum absolute atomic E-state index is 13.9. The average Bonchev–Trinajstić information content (AvgIpc) is 2.64. The van der Waals surface area contributed by atoms with Crippen LogP contribution in [0.4, 0.5) is 24.7 Å². The number of aromatic nitrogens is 2. The molecule has 0 aliphatic rings. The van der Waals surface area contributed by atoms with E-state index in [0.29, 0.717) is 11.4 Å². The molecule has 0 saturated heterocycles. The van der Waals surface area contributed by atoms with Crippen molar-refractivity contribution < 1.29 is 13.2 Å². The molecule has 8 heteroatoms. The van der Waals surface area contributed by atoms with Gasteiger partial charge in [0.25, 0.3) is 0 Å². The van der Waals surface area contributed by atoms with Crippen LogP contribution in [0, 0.1) is 17.5 Å². The summed E-state index contributed by atoms with van der Waals surface area (Å²) in [5, 5.41) is 2.46. The van der Waals surface area contributed by atoms with Crippen LogP contribution in [0.2, 0.25) is 5.15 Å². The first-order chi connectivity index (χ1) is 13.4. The van der Waals surface area contributed by atoms with Gasteiger partial charge in [0.15, 0.2) is 22.0 Å². The van der Waals surface area contributed by atoms with Gasteiger partial charge >= 0.3 is 0 Å². The Morgan fingerprint density at radius 1 is 0.929 bits per heavy atom. The minimum Gasteiger partial charge on any atom is -0.341 e. The molecule has 4 rings (SSSR count). The number of nitrogens with one attached hydrogen (secondary N) is 1. The third kappa shape index (κ3) is 3.32. The Labute approximate surface area is 161 Å². The molecule has 140 valence electrons. The molecule has 0 bridgehead atoms. The summed E-state index contributed by atoms with van der Waals surface area (Å²) in [5.74, 6) is -1.66. The topological polar surface area (TPSA) is 46.9 Å². The molecule has 0 aliphatic heterocycles. The van der Waals surface area contributed by atoms with E-state index in [-0.39, 0.29) is 16.9 Å². The van der Waals surface area contributed by atoms with Gasteiger partial charge in [0.05, 0.1) is 11.1 Å². The van der Waals surface area contributed by atoms with Crippen LogP contribution in [0.3, 0.4) is 0 Å². The van der Waals surface area contributed by atoms with Crippen LogP contribution in [0.5, 0.6) is 0 Å². The van der Waals surface area contributed by atoms with Crippen LogP contribution >= 0.6 is 11.6 Å². The van der Waals surface area contributed by atoms with Gasteiger partial charge in [0, 0.05) is 11.8 Å². The van der Waals surface area contributed by atoms with Gasteiger partial charge in [-0.2, -0.15) is 0 Å². The highest BCUT2D eigenvalue weighted by molar-refractivity contribution is 6.29. The molecule has 4 nitrogen and oxygen atoms in total. The first kappa shape index (κ1) is 18.1. The molecule has 0 radical (unpaired) electrons. The van der Waals surface area contributed by atoms with Gasteiger partial charge in [-0.1, -0.05) is 23.7 Å². The summed E-state index contributed by atoms with van der Waals surface area (Å²) in [6.45, 7) is 0. The molecule has 0 amide bonds. The van der Waals surface area contributed by atoms with Crippen molar-refractivity contribution in [2.24, 2.45) is 0 Å². The third-order valence-corrected chi connectivity index (χ3v) is 4.33. The van der Waals surface area contributed by atoms with Gasteiger partial charge in [-0.25, -0.2) is 18.2 Å². The van der Waals surface area contributed by atoms with Gasteiger partial charge in [-0.3, -0.25) is 9.36 Å². The van der Waals surface area contributed by atoms with Crippen molar-refractivity contribution in [1.29, 1.82) is 0 Å². The van der Waals surface area contributed by atoms with E-state index in [9.17, 15) is 18.0 Å². The van der Waals surface area contributed by atoms with E-state index in [0.717, 1.165) is 6.07 Å². The second-order valence-corrected chi connectivity index (χ2v) is 6.33. The molecule has 0 fully saturated rings. The summed E-state index contributed by atoms with van der Waals surface area (Å²) in [6, 6.07) is 13.3. The van der Waals surface area contributed by atoms with Crippen LogP contribution in [-0.2, 0) is 0 Å². The quantitative estimate of drug-likeness (QED) is 0.480. The summed E-state index contributed by atoms with van der Waals surface area (Å²) in [6.07, 6.45) is 0. The van der Waals surface area contributed by atoms with Crippen LogP contribution in [-0.4, -0.2) is 9.55 Å². The number of hydrogen-bond donors (Lipinski definition) is 1. The molecule has 4 aromatic rings. The maximum Gasteiger partial charge on any atom is 0.193 e. The minimum absolute atomic E-state index is 0.0309. The SMILES string of the molecule is O=c1cc(Nc2cccc(F)c2)n(-c2cccc(F)c2)c2nc(Cl)c(F)cc12. The summed E-state index contributed by atoms with van der Waals surface area (Å²) in [5.41, 5.74) is 0.184. The van der Waals surface area contributed by atoms with E-state index >= 15 is 0 Å². The second-order valence-electron chi connectivity index (χ2n) is 5.98. The lowest BCUT2D eigenvalue weighted by molar-refractivity contribution is 0.623. The van der Waals surface area contributed by atoms with Gasteiger partial charge in [-0.15, -0.1) is 0 Å². The third-order valence-electron chi connectivity index (χ3n) is 4.06. The fraction of sp³-hybridized carbons (Fsp3) is 0. The molecule has 1 N–H and O–H groups in total. The maximum atomic E-state index is 13.9. The van der Waals surface area contributed by atoms with Crippen molar-refractivity contribution in [3.05, 3.63) is 93.5 Å². The number of benzene rings is 2. The Bertz CT molecular complexity index is 1270. The fourth-order valence-corrected chi connectivity index (χ4v) is 3.01. The number of anilines is 2. The average molecular weight is 402 g/mol. The fourth-order valence-electron chi connectivity index (χ4n) is 2.87. The highest BCUT2D eigenvalue weighted by atomic mass is 35.5. The lowest BCUT2D eigenvalue weighted by Crippen LogP contribution is -2.14. The molecule has 0 saturated carbocycles. The summed E-state index contributed by atoms with van der Waals surface area (Å²) in [7, 11) is 0. The van der Waals surface area contributed by atoms with Gasteiger partial charge in [-0.05, 0) is 42.5 Å². The van der Waals surface area contributed by atoms with Crippen molar-refractivity contribution in [3.8, 4) is 5.69 Å². The minimum atomic E-state index is -0.845. The molecule has 28 heavy (non-hydrogen) atoms. The highest BCUT2D eigenvalue weighted by Crippen LogP contribution is 2.26. The van der Waals surface area contributed by atoms with Crippen molar-refractivity contribution in [3.63, 3.8) is 0 Å². The Kier molecular flexibility index (Phi) is 4.52. The standard InChI is InChI=1S/C20H11ClF3N3O/c21-19-16(24)9-15-17(28)10-18(25-13-5-1-3-11(22)7-13)27(20(15)26-19)14-6-2-4-12(23)8-14/h1-10,25H. The summed E-state index contributed by atoms with van der Waals surface area (Å²) in [4.78, 5) is 16.5. The normalized spacial score (nSPS) is 11.0. The summed E-state index contributed by atoms with van der Waals surface area (Å²) < 4.78 is 42.7. The molecule has 2 heterocycles. The lowest BCUT2D eigenvalue weighted by Gasteiger charge is -2.18. The molecule has 0 spiro atoms. The van der Waals surface area contributed by atoms with Crippen molar-refractivity contribution in [2.45, 2.75) is 0 Å².